The van der Waals surface area contributed by atoms with Crippen molar-refractivity contribution < 1.29 is 0 Å². The van der Waals surface area contributed by atoms with Crippen LogP contribution >= 0.6 is 10.2 Å². The number of aryl methyl sites for hydroxylation is 2. The number of hydrogen-bond acceptors (Lipinski definition) is 1. The predicted octanol–water partition coefficient (Wildman–Crippen LogP) is 5.95. The Hall–Kier alpha value is -0.565. The van der Waals surface area contributed by atoms with E-state index in [-0.39, 0.29) is 5.54 Å². The standard InChI is InChI=1S/C23H42BNS/c1-17-15-19(23(24)13-11-22(6,7)12-14-23)16-18(2)20(17)25(21(3,4)5)26(8,9)10/h15-16H,11-14,24H2,1-10H3. The third-order valence-electron chi connectivity index (χ3n) is 6.26. The molecule has 0 aliphatic heterocycles. The van der Waals surface area contributed by atoms with E-state index in [0.29, 0.717) is 10.7 Å². The minimum atomic E-state index is -0.856. The van der Waals surface area contributed by atoms with Gasteiger partial charge in [0.1, 0.15) is 7.85 Å². The summed E-state index contributed by atoms with van der Waals surface area (Å²) in [6, 6.07) is 5.01. The summed E-state index contributed by atoms with van der Waals surface area (Å²) in [6.45, 7) is 16.6. The summed E-state index contributed by atoms with van der Waals surface area (Å²) in [5, 5.41) is 0.338. The molecule has 2 rings (SSSR count). The van der Waals surface area contributed by atoms with E-state index in [1.165, 1.54) is 42.5 Å². The first-order valence-electron chi connectivity index (χ1n) is 10.2. The van der Waals surface area contributed by atoms with Crippen molar-refractivity contribution in [3.05, 3.63) is 28.8 Å². The zero-order valence-corrected chi connectivity index (χ0v) is 20.2. The highest BCUT2D eigenvalue weighted by atomic mass is 32.3. The van der Waals surface area contributed by atoms with Gasteiger partial charge in [0.15, 0.2) is 0 Å². The fraction of sp³-hybridized carbons (Fsp3) is 0.739. The monoisotopic (exact) mass is 375 g/mol. The Morgan fingerprint density at radius 2 is 1.35 bits per heavy atom. The maximum atomic E-state index is 2.70. The molecule has 0 atom stereocenters. The maximum absolute atomic E-state index is 2.70. The van der Waals surface area contributed by atoms with Crippen molar-refractivity contribution in [1.82, 2.24) is 0 Å². The van der Waals surface area contributed by atoms with Crippen LogP contribution in [0.2, 0.25) is 0 Å². The second kappa shape index (κ2) is 6.80. The lowest BCUT2D eigenvalue weighted by Crippen LogP contribution is -2.43. The molecule has 0 radical (unpaired) electrons. The van der Waals surface area contributed by atoms with Crippen LogP contribution in [0.5, 0.6) is 0 Å². The molecule has 0 aromatic heterocycles. The van der Waals surface area contributed by atoms with Gasteiger partial charge in [-0.15, -0.1) is 0 Å². The van der Waals surface area contributed by atoms with Crippen LogP contribution in [0.1, 0.15) is 77.0 Å². The van der Waals surface area contributed by atoms with E-state index in [4.69, 9.17) is 0 Å². The number of nitrogens with zero attached hydrogens (tertiary/aromatic N) is 1. The third kappa shape index (κ3) is 4.46. The normalized spacial score (nSPS) is 20.7. The van der Waals surface area contributed by atoms with Gasteiger partial charge in [0, 0.05) is 5.54 Å². The SMILES string of the molecule is BC1(c2cc(C)c(N(C(C)(C)C)S(C)(C)C)c(C)c2)CCC(C)(C)CC1. The van der Waals surface area contributed by atoms with Crippen LogP contribution in [-0.4, -0.2) is 32.2 Å². The lowest BCUT2D eigenvalue weighted by molar-refractivity contribution is 0.206. The summed E-state index contributed by atoms with van der Waals surface area (Å²) in [4.78, 5) is 0. The number of anilines is 1. The topological polar surface area (TPSA) is 3.24 Å². The van der Waals surface area contributed by atoms with E-state index in [1.54, 1.807) is 5.56 Å². The molecule has 0 saturated heterocycles. The van der Waals surface area contributed by atoms with Crippen molar-refractivity contribution >= 4 is 23.7 Å². The maximum Gasteiger partial charge on any atom is 0.115 e. The smallest absolute Gasteiger partial charge is 0.115 e. The van der Waals surface area contributed by atoms with E-state index in [2.05, 4.69) is 91.5 Å². The van der Waals surface area contributed by atoms with Crippen molar-refractivity contribution in [2.45, 2.75) is 85.0 Å². The Morgan fingerprint density at radius 3 is 1.69 bits per heavy atom. The summed E-state index contributed by atoms with van der Waals surface area (Å²) in [6.07, 6.45) is 12.5. The van der Waals surface area contributed by atoms with Crippen LogP contribution in [0.25, 0.3) is 0 Å². The van der Waals surface area contributed by atoms with Crippen molar-refractivity contribution in [1.29, 1.82) is 0 Å². The fourth-order valence-electron chi connectivity index (χ4n) is 4.82. The molecular formula is C23H42BNS. The van der Waals surface area contributed by atoms with Crippen LogP contribution in [0.4, 0.5) is 5.69 Å². The van der Waals surface area contributed by atoms with Crippen LogP contribution in [0, 0.1) is 19.3 Å². The highest BCUT2D eigenvalue weighted by molar-refractivity contribution is 8.33. The predicted molar refractivity (Wildman–Crippen MR) is 126 cm³/mol. The van der Waals surface area contributed by atoms with Crippen molar-refractivity contribution in [3.63, 3.8) is 0 Å². The van der Waals surface area contributed by atoms with Gasteiger partial charge >= 0.3 is 0 Å². The first-order valence-corrected chi connectivity index (χ1v) is 13.0. The molecule has 3 heteroatoms. The highest BCUT2D eigenvalue weighted by Gasteiger charge is 2.37. The molecule has 0 heterocycles. The van der Waals surface area contributed by atoms with E-state index in [0.717, 1.165) is 0 Å². The first kappa shape index (κ1) is 21.7. The van der Waals surface area contributed by atoms with E-state index in [9.17, 15) is 0 Å². The molecule has 1 aromatic carbocycles. The second-order valence-corrected chi connectivity index (χ2v) is 15.3. The zero-order valence-electron chi connectivity index (χ0n) is 19.3. The lowest BCUT2D eigenvalue weighted by atomic mass is 9.53. The Labute approximate surface area is 166 Å². The molecule has 26 heavy (non-hydrogen) atoms. The van der Waals surface area contributed by atoms with Gasteiger partial charge in [-0.1, -0.05) is 38.8 Å². The molecule has 0 spiro atoms. The summed E-state index contributed by atoms with van der Waals surface area (Å²) < 4.78 is 2.70. The highest BCUT2D eigenvalue weighted by Crippen LogP contribution is 2.52. The summed E-state index contributed by atoms with van der Waals surface area (Å²) >= 11 is 0. The quantitative estimate of drug-likeness (QED) is 0.591. The Bertz CT molecular complexity index is 617. The summed E-state index contributed by atoms with van der Waals surface area (Å²) in [7, 11) is 1.64. The second-order valence-electron chi connectivity index (χ2n) is 11.4. The van der Waals surface area contributed by atoms with Crippen LogP contribution in [-0.2, 0) is 5.31 Å². The molecule has 1 nitrogen and oxygen atoms in total. The molecule has 0 N–H and O–H groups in total. The van der Waals surface area contributed by atoms with Crippen molar-refractivity contribution in [2.24, 2.45) is 5.41 Å². The Morgan fingerprint density at radius 1 is 0.923 bits per heavy atom. The van der Waals surface area contributed by atoms with E-state index in [1.807, 2.05) is 0 Å². The van der Waals surface area contributed by atoms with Crippen LogP contribution in [0.3, 0.4) is 0 Å². The molecule has 0 amide bonds. The van der Waals surface area contributed by atoms with Crippen LogP contribution < -0.4 is 4.31 Å². The van der Waals surface area contributed by atoms with Gasteiger partial charge < -0.3 is 4.31 Å². The van der Waals surface area contributed by atoms with Crippen LogP contribution in [0.15, 0.2) is 12.1 Å². The Balaban J connectivity index is 2.49. The average molecular weight is 375 g/mol. The molecule has 1 fully saturated rings. The summed E-state index contributed by atoms with van der Waals surface area (Å²) in [5.41, 5.74) is 6.56. The van der Waals surface area contributed by atoms with Gasteiger partial charge in [-0.05, 0) is 93.6 Å². The molecule has 148 valence electrons. The minimum Gasteiger partial charge on any atom is -0.329 e. The van der Waals surface area contributed by atoms with Gasteiger partial charge in [-0.2, -0.15) is 10.2 Å². The molecule has 1 saturated carbocycles. The molecular weight excluding hydrogens is 333 g/mol. The van der Waals surface area contributed by atoms with Gasteiger partial charge in [-0.25, -0.2) is 0 Å². The average Bonchev–Trinajstić information content (AvgIpc) is 2.43. The Kier molecular flexibility index (Phi) is 5.68. The minimum absolute atomic E-state index is 0.128. The lowest BCUT2D eigenvalue weighted by Gasteiger charge is -2.52. The third-order valence-corrected chi connectivity index (χ3v) is 8.08. The molecule has 0 unspecified atom stereocenters. The van der Waals surface area contributed by atoms with Crippen molar-refractivity contribution in [2.75, 3.05) is 23.1 Å². The molecule has 1 aromatic rings. The molecule has 1 aliphatic carbocycles. The molecule has 1 aliphatic rings. The molecule has 0 bridgehead atoms. The van der Waals surface area contributed by atoms with E-state index < -0.39 is 10.2 Å². The van der Waals surface area contributed by atoms with Crippen molar-refractivity contribution in [3.8, 4) is 0 Å². The van der Waals surface area contributed by atoms with Gasteiger partial charge in [0.05, 0.1) is 5.69 Å². The first-order chi connectivity index (χ1) is 11.6. The number of rotatable bonds is 3. The summed E-state index contributed by atoms with van der Waals surface area (Å²) in [5.74, 6) is 0. The van der Waals surface area contributed by atoms with Gasteiger partial charge in [-0.3, -0.25) is 0 Å². The van der Waals surface area contributed by atoms with Gasteiger partial charge in [0.2, 0.25) is 0 Å². The fourth-order valence-corrected chi connectivity index (χ4v) is 7.30. The largest absolute Gasteiger partial charge is 0.329 e. The van der Waals surface area contributed by atoms with E-state index >= 15 is 0 Å². The zero-order chi connectivity index (χ0) is 20.1. The number of benzene rings is 1. The van der Waals surface area contributed by atoms with Gasteiger partial charge in [0.25, 0.3) is 0 Å². The number of hydrogen-bond donors (Lipinski definition) is 0.